The number of nitrogens with zero attached hydrogens (tertiary/aromatic N) is 3. The smallest absolute Gasteiger partial charge is 0.196 e. The van der Waals surface area contributed by atoms with Crippen molar-refractivity contribution in [3.8, 4) is 22.8 Å². The molecule has 3 aromatic rings. The van der Waals surface area contributed by atoms with Crippen LogP contribution in [0.3, 0.4) is 0 Å². The fraction of sp³-hybridized carbons (Fsp3) is 0.222. The minimum absolute atomic E-state index is 0.160. The zero-order chi connectivity index (χ0) is 17.6. The number of rotatable bonds is 7. The van der Waals surface area contributed by atoms with Crippen molar-refractivity contribution in [2.24, 2.45) is 0 Å². The van der Waals surface area contributed by atoms with Gasteiger partial charge in [-0.3, -0.25) is 4.57 Å². The Morgan fingerprint density at radius 3 is 2.44 bits per heavy atom. The van der Waals surface area contributed by atoms with Crippen LogP contribution in [-0.4, -0.2) is 39.3 Å². The highest BCUT2D eigenvalue weighted by atomic mass is 35.5. The molecule has 25 heavy (non-hydrogen) atoms. The fourth-order valence-corrected chi connectivity index (χ4v) is 3.34. The van der Waals surface area contributed by atoms with Crippen molar-refractivity contribution >= 4 is 23.4 Å². The lowest BCUT2D eigenvalue weighted by molar-refractivity contribution is 0.296. The van der Waals surface area contributed by atoms with E-state index < -0.39 is 0 Å². The number of hydrogen-bond donors (Lipinski definition) is 1. The average Bonchev–Trinajstić information content (AvgIpc) is 3.06. The maximum Gasteiger partial charge on any atom is 0.196 e. The molecule has 0 amide bonds. The molecule has 0 fully saturated rings. The molecular weight excluding hydrogens is 358 g/mol. The van der Waals surface area contributed by atoms with E-state index in [2.05, 4.69) is 10.2 Å². The third kappa shape index (κ3) is 4.15. The summed E-state index contributed by atoms with van der Waals surface area (Å²) in [4.78, 5) is 0. The summed E-state index contributed by atoms with van der Waals surface area (Å²) < 4.78 is 7.24. The third-order valence-electron chi connectivity index (χ3n) is 3.60. The molecule has 1 N–H and O–H groups in total. The zero-order valence-corrected chi connectivity index (χ0v) is 15.3. The number of benzene rings is 2. The summed E-state index contributed by atoms with van der Waals surface area (Å²) in [7, 11) is 1.64. The second kappa shape index (κ2) is 8.38. The van der Waals surface area contributed by atoms with Gasteiger partial charge in [0.1, 0.15) is 5.75 Å². The Morgan fingerprint density at radius 2 is 1.80 bits per heavy atom. The highest BCUT2D eigenvalue weighted by molar-refractivity contribution is 7.99. The number of halogens is 1. The molecule has 0 aliphatic heterocycles. The molecule has 0 saturated heterocycles. The van der Waals surface area contributed by atoms with Crippen LogP contribution in [0.4, 0.5) is 0 Å². The molecule has 130 valence electrons. The molecular formula is C18H18ClN3O2S. The van der Waals surface area contributed by atoms with Gasteiger partial charge in [0.05, 0.1) is 7.11 Å². The number of thioether (sulfide) groups is 1. The molecule has 5 nitrogen and oxygen atoms in total. The van der Waals surface area contributed by atoms with Crippen molar-refractivity contribution in [2.75, 3.05) is 19.5 Å². The predicted octanol–water partition coefficient (Wildman–Crippen LogP) is 4.07. The van der Waals surface area contributed by atoms with Crippen LogP contribution in [0.15, 0.2) is 53.7 Å². The third-order valence-corrected chi connectivity index (χ3v) is 4.87. The van der Waals surface area contributed by atoms with Gasteiger partial charge in [-0.1, -0.05) is 23.4 Å². The van der Waals surface area contributed by atoms with E-state index in [-0.39, 0.29) is 6.61 Å². The normalized spacial score (nSPS) is 10.8. The Kier molecular flexibility index (Phi) is 5.96. The van der Waals surface area contributed by atoms with Crippen LogP contribution in [0.2, 0.25) is 5.02 Å². The molecule has 1 aromatic heterocycles. The minimum Gasteiger partial charge on any atom is -0.497 e. The van der Waals surface area contributed by atoms with Gasteiger partial charge < -0.3 is 9.84 Å². The highest BCUT2D eigenvalue weighted by Gasteiger charge is 2.16. The standard InChI is InChI=1S/C18H18ClN3O2S/c1-24-16-9-7-15(8-10-16)22-17(13-3-5-14(19)6-4-13)20-21-18(22)25-12-2-11-23/h3-10,23H,2,11-12H2,1H3. The number of ether oxygens (including phenoxy) is 1. The van der Waals surface area contributed by atoms with Crippen LogP contribution < -0.4 is 4.74 Å². The average molecular weight is 376 g/mol. The molecule has 0 aliphatic rings. The van der Waals surface area contributed by atoms with Gasteiger partial charge in [-0.2, -0.15) is 0 Å². The van der Waals surface area contributed by atoms with Crippen LogP contribution in [0.25, 0.3) is 17.1 Å². The largest absolute Gasteiger partial charge is 0.497 e. The van der Waals surface area contributed by atoms with E-state index in [9.17, 15) is 0 Å². The van der Waals surface area contributed by atoms with E-state index in [0.29, 0.717) is 11.4 Å². The first-order valence-electron chi connectivity index (χ1n) is 7.82. The molecule has 2 aromatic carbocycles. The lowest BCUT2D eigenvalue weighted by Crippen LogP contribution is -2.00. The summed E-state index contributed by atoms with van der Waals surface area (Å²) in [5.41, 5.74) is 1.88. The first kappa shape index (κ1) is 17.8. The fourth-order valence-electron chi connectivity index (χ4n) is 2.34. The molecule has 0 spiro atoms. The van der Waals surface area contributed by atoms with Gasteiger partial charge in [-0.05, 0) is 55.0 Å². The first-order valence-corrected chi connectivity index (χ1v) is 9.18. The van der Waals surface area contributed by atoms with Crippen molar-refractivity contribution in [1.82, 2.24) is 14.8 Å². The summed E-state index contributed by atoms with van der Waals surface area (Å²) in [5, 5.41) is 19.2. The molecule has 3 rings (SSSR count). The topological polar surface area (TPSA) is 60.2 Å². The zero-order valence-electron chi connectivity index (χ0n) is 13.7. The molecule has 0 aliphatic carbocycles. The SMILES string of the molecule is COc1ccc(-n2c(SCCCO)nnc2-c2ccc(Cl)cc2)cc1. The van der Waals surface area contributed by atoms with E-state index in [4.69, 9.17) is 21.4 Å². The van der Waals surface area contributed by atoms with Gasteiger partial charge >= 0.3 is 0 Å². The van der Waals surface area contributed by atoms with Gasteiger partial charge in [0, 0.05) is 28.6 Å². The summed E-state index contributed by atoms with van der Waals surface area (Å²) in [5.74, 6) is 2.30. The highest BCUT2D eigenvalue weighted by Crippen LogP contribution is 2.29. The Labute approximate surface area is 155 Å². The minimum atomic E-state index is 0.160. The Balaban J connectivity index is 2.03. The maximum absolute atomic E-state index is 9.01. The van der Waals surface area contributed by atoms with Gasteiger partial charge in [0.25, 0.3) is 0 Å². The van der Waals surface area contributed by atoms with Crippen LogP contribution in [0.5, 0.6) is 5.75 Å². The summed E-state index contributed by atoms with van der Waals surface area (Å²) in [6.07, 6.45) is 0.705. The Bertz CT molecular complexity index is 819. The molecule has 0 bridgehead atoms. The van der Waals surface area contributed by atoms with Crippen LogP contribution in [0, 0.1) is 0 Å². The number of aromatic nitrogens is 3. The summed E-state index contributed by atoms with van der Waals surface area (Å²) >= 11 is 7.56. The maximum atomic E-state index is 9.01. The molecule has 1 heterocycles. The molecule has 0 unspecified atom stereocenters. The molecule has 0 atom stereocenters. The first-order chi connectivity index (χ1) is 12.2. The van der Waals surface area contributed by atoms with E-state index in [1.165, 1.54) is 0 Å². The van der Waals surface area contributed by atoms with Crippen molar-refractivity contribution in [1.29, 1.82) is 0 Å². The molecule has 0 radical (unpaired) electrons. The van der Waals surface area contributed by atoms with Crippen molar-refractivity contribution in [3.63, 3.8) is 0 Å². The van der Waals surface area contributed by atoms with E-state index >= 15 is 0 Å². The van der Waals surface area contributed by atoms with Gasteiger partial charge in [-0.15, -0.1) is 10.2 Å². The second-order valence-electron chi connectivity index (χ2n) is 5.27. The molecule has 0 saturated carbocycles. The van der Waals surface area contributed by atoms with Crippen molar-refractivity contribution in [2.45, 2.75) is 11.6 Å². The number of methoxy groups -OCH3 is 1. The van der Waals surface area contributed by atoms with E-state index in [1.54, 1.807) is 18.9 Å². The van der Waals surface area contributed by atoms with E-state index in [0.717, 1.165) is 33.7 Å². The van der Waals surface area contributed by atoms with Gasteiger partial charge in [-0.25, -0.2) is 0 Å². The van der Waals surface area contributed by atoms with Crippen molar-refractivity contribution < 1.29 is 9.84 Å². The Hall–Kier alpha value is -2.02. The number of aliphatic hydroxyl groups is 1. The van der Waals surface area contributed by atoms with Gasteiger partial charge in [0.15, 0.2) is 11.0 Å². The van der Waals surface area contributed by atoms with E-state index in [1.807, 2.05) is 53.1 Å². The molecule has 7 heteroatoms. The summed E-state index contributed by atoms with van der Waals surface area (Å²) in [6, 6.07) is 15.3. The van der Waals surface area contributed by atoms with Crippen LogP contribution >= 0.6 is 23.4 Å². The van der Waals surface area contributed by atoms with Crippen molar-refractivity contribution in [3.05, 3.63) is 53.6 Å². The quantitative estimate of drug-likeness (QED) is 0.498. The lowest BCUT2D eigenvalue weighted by atomic mass is 10.2. The van der Waals surface area contributed by atoms with Crippen LogP contribution in [-0.2, 0) is 0 Å². The number of hydrogen-bond acceptors (Lipinski definition) is 5. The van der Waals surface area contributed by atoms with Gasteiger partial charge in [0.2, 0.25) is 0 Å². The predicted molar refractivity (Wildman–Crippen MR) is 101 cm³/mol. The Morgan fingerprint density at radius 1 is 1.08 bits per heavy atom. The summed E-state index contributed by atoms with van der Waals surface area (Å²) in [6.45, 7) is 0.160. The second-order valence-corrected chi connectivity index (χ2v) is 6.77. The monoisotopic (exact) mass is 375 g/mol. The van der Waals surface area contributed by atoms with Crippen LogP contribution in [0.1, 0.15) is 6.42 Å². The lowest BCUT2D eigenvalue weighted by Gasteiger charge is -2.11. The number of aliphatic hydroxyl groups excluding tert-OH is 1.